The Morgan fingerprint density at radius 2 is 2.00 bits per heavy atom. The second-order valence-corrected chi connectivity index (χ2v) is 5.99. The molecule has 18 heavy (non-hydrogen) atoms. The van der Waals surface area contributed by atoms with Crippen LogP contribution in [0.15, 0.2) is 23.1 Å². The normalized spacial score (nSPS) is 10.8. The largest absolute Gasteiger partial charge is 0.313 e. The van der Waals surface area contributed by atoms with E-state index in [1.54, 1.807) is 0 Å². The molecular weight excluding hydrogens is 262 g/mol. The van der Waals surface area contributed by atoms with Crippen LogP contribution >= 0.6 is 23.4 Å². The van der Waals surface area contributed by atoms with Crippen LogP contribution in [0.5, 0.6) is 0 Å². The minimum atomic E-state index is 0.879. The summed E-state index contributed by atoms with van der Waals surface area (Å²) in [5.74, 6) is 1.19. The Balaban J connectivity index is 2.56. The number of nitrogens with one attached hydrogen (secondary N) is 1. The monoisotopic (exact) mass is 285 g/mol. The average molecular weight is 286 g/mol. The highest BCUT2D eigenvalue weighted by Crippen LogP contribution is 2.29. The Morgan fingerprint density at radius 3 is 2.72 bits per heavy atom. The molecule has 0 radical (unpaired) electrons. The summed E-state index contributed by atoms with van der Waals surface area (Å²) in [6, 6.07) is 6.22. The van der Waals surface area contributed by atoms with Crippen LogP contribution in [0.3, 0.4) is 0 Å². The first-order valence-corrected chi connectivity index (χ1v) is 8.26. The molecule has 0 heterocycles. The number of unbranched alkanes of at least 4 members (excludes halogenated alkanes) is 2. The summed E-state index contributed by atoms with van der Waals surface area (Å²) >= 11 is 8.23. The van der Waals surface area contributed by atoms with Crippen LogP contribution in [0.25, 0.3) is 0 Å². The summed E-state index contributed by atoms with van der Waals surface area (Å²) in [5, 5.41) is 4.32. The smallest absolute Gasteiger partial charge is 0.0462 e. The second kappa shape index (κ2) is 9.71. The highest BCUT2D eigenvalue weighted by Gasteiger charge is 2.06. The Labute approximate surface area is 121 Å². The lowest BCUT2D eigenvalue weighted by Crippen LogP contribution is -2.14. The topological polar surface area (TPSA) is 12.0 Å². The van der Waals surface area contributed by atoms with Crippen LogP contribution in [0.1, 0.15) is 45.1 Å². The van der Waals surface area contributed by atoms with Gasteiger partial charge in [-0.05, 0) is 42.8 Å². The van der Waals surface area contributed by atoms with Crippen LogP contribution in [0, 0.1) is 0 Å². The van der Waals surface area contributed by atoms with Gasteiger partial charge in [0.2, 0.25) is 0 Å². The molecule has 0 aliphatic carbocycles. The van der Waals surface area contributed by atoms with Crippen molar-refractivity contribution in [2.24, 2.45) is 0 Å². The lowest BCUT2D eigenvalue weighted by molar-refractivity contribution is 0.669. The summed E-state index contributed by atoms with van der Waals surface area (Å²) in [4.78, 5) is 1.34. The van der Waals surface area contributed by atoms with Crippen LogP contribution in [-0.2, 0) is 6.54 Å². The minimum absolute atomic E-state index is 0.879. The van der Waals surface area contributed by atoms with Crippen molar-refractivity contribution >= 4 is 23.4 Å². The van der Waals surface area contributed by atoms with Gasteiger partial charge in [-0.25, -0.2) is 0 Å². The molecule has 0 aromatic heterocycles. The molecule has 1 N–H and O–H groups in total. The minimum Gasteiger partial charge on any atom is -0.313 e. The van der Waals surface area contributed by atoms with E-state index in [9.17, 15) is 0 Å². The maximum Gasteiger partial charge on any atom is 0.0462 e. The molecule has 0 aliphatic heterocycles. The molecule has 0 bridgehead atoms. The Bertz CT molecular complexity index is 341. The predicted molar refractivity (Wildman–Crippen MR) is 83.7 cm³/mol. The van der Waals surface area contributed by atoms with Gasteiger partial charge in [0, 0.05) is 16.5 Å². The Kier molecular flexibility index (Phi) is 8.57. The van der Waals surface area contributed by atoms with Crippen LogP contribution < -0.4 is 5.32 Å². The third-order valence-electron chi connectivity index (χ3n) is 2.81. The Hall–Kier alpha value is -0.180. The van der Waals surface area contributed by atoms with E-state index in [0.717, 1.165) is 24.5 Å². The van der Waals surface area contributed by atoms with E-state index in [2.05, 4.69) is 25.2 Å². The molecule has 0 aliphatic rings. The van der Waals surface area contributed by atoms with Crippen LogP contribution in [0.2, 0.25) is 5.02 Å². The number of hydrogen-bond donors (Lipinski definition) is 1. The first-order chi connectivity index (χ1) is 8.79. The zero-order valence-electron chi connectivity index (χ0n) is 11.5. The fourth-order valence-corrected chi connectivity index (χ4v) is 3.17. The molecule has 1 aromatic rings. The molecule has 0 unspecified atom stereocenters. The molecule has 1 nitrogen and oxygen atoms in total. The molecule has 0 atom stereocenters. The van der Waals surface area contributed by atoms with Crippen molar-refractivity contribution in [1.82, 2.24) is 5.32 Å². The van der Waals surface area contributed by atoms with Crippen molar-refractivity contribution < 1.29 is 0 Å². The number of halogens is 1. The van der Waals surface area contributed by atoms with Gasteiger partial charge in [-0.2, -0.15) is 0 Å². The fourth-order valence-electron chi connectivity index (χ4n) is 1.77. The van der Waals surface area contributed by atoms with E-state index in [4.69, 9.17) is 11.6 Å². The quantitative estimate of drug-likeness (QED) is 0.499. The zero-order valence-corrected chi connectivity index (χ0v) is 13.0. The van der Waals surface area contributed by atoms with Gasteiger partial charge in [-0.1, -0.05) is 44.4 Å². The van der Waals surface area contributed by atoms with E-state index in [-0.39, 0.29) is 0 Å². The van der Waals surface area contributed by atoms with E-state index < -0.39 is 0 Å². The second-order valence-electron chi connectivity index (χ2n) is 4.45. The average Bonchev–Trinajstić information content (AvgIpc) is 2.37. The zero-order chi connectivity index (χ0) is 13.2. The van der Waals surface area contributed by atoms with E-state index >= 15 is 0 Å². The van der Waals surface area contributed by atoms with Gasteiger partial charge in [0.05, 0.1) is 0 Å². The number of hydrogen-bond acceptors (Lipinski definition) is 2. The maximum atomic E-state index is 6.30. The molecule has 0 saturated carbocycles. The van der Waals surface area contributed by atoms with E-state index in [0.29, 0.717) is 0 Å². The van der Waals surface area contributed by atoms with Gasteiger partial charge in [0.25, 0.3) is 0 Å². The third-order valence-corrected chi connectivity index (χ3v) is 4.35. The molecule has 0 fully saturated rings. The van der Waals surface area contributed by atoms with Crippen LogP contribution in [0.4, 0.5) is 0 Å². The number of thioether (sulfide) groups is 1. The first kappa shape index (κ1) is 15.9. The van der Waals surface area contributed by atoms with Gasteiger partial charge in [0.1, 0.15) is 0 Å². The summed E-state index contributed by atoms with van der Waals surface area (Å²) < 4.78 is 0. The molecule has 3 heteroatoms. The van der Waals surface area contributed by atoms with Gasteiger partial charge >= 0.3 is 0 Å². The van der Waals surface area contributed by atoms with Crippen LogP contribution in [-0.4, -0.2) is 12.3 Å². The van der Waals surface area contributed by atoms with E-state index in [1.165, 1.54) is 35.5 Å². The highest BCUT2D eigenvalue weighted by molar-refractivity contribution is 7.99. The SMILES string of the molecule is CCCCCSc1cccc(Cl)c1CNCCC. The van der Waals surface area contributed by atoms with Gasteiger partial charge in [-0.15, -0.1) is 11.8 Å². The van der Waals surface area contributed by atoms with Gasteiger partial charge in [-0.3, -0.25) is 0 Å². The fraction of sp³-hybridized carbons (Fsp3) is 0.600. The molecule has 0 saturated heterocycles. The van der Waals surface area contributed by atoms with Crippen molar-refractivity contribution in [3.8, 4) is 0 Å². The standard InChI is InChI=1S/C15H24ClNS/c1-3-5-6-11-18-15-9-7-8-14(16)13(15)12-17-10-4-2/h7-9,17H,3-6,10-12H2,1-2H3. The molecule has 102 valence electrons. The molecule has 1 rings (SSSR count). The molecular formula is C15H24ClNS. The number of benzene rings is 1. The third kappa shape index (κ3) is 5.64. The molecule has 0 amide bonds. The van der Waals surface area contributed by atoms with Crippen molar-refractivity contribution in [2.45, 2.75) is 51.0 Å². The highest BCUT2D eigenvalue weighted by atomic mass is 35.5. The predicted octanol–water partition coefficient (Wildman–Crippen LogP) is 5.12. The molecule has 1 aromatic carbocycles. The van der Waals surface area contributed by atoms with Crippen molar-refractivity contribution in [3.63, 3.8) is 0 Å². The molecule has 0 spiro atoms. The van der Waals surface area contributed by atoms with E-state index in [1.807, 2.05) is 23.9 Å². The van der Waals surface area contributed by atoms with Crippen molar-refractivity contribution in [1.29, 1.82) is 0 Å². The summed E-state index contributed by atoms with van der Waals surface area (Å²) in [6.07, 6.45) is 5.04. The van der Waals surface area contributed by atoms with Gasteiger partial charge < -0.3 is 5.32 Å². The first-order valence-electron chi connectivity index (χ1n) is 6.90. The maximum absolute atomic E-state index is 6.30. The van der Waals surface area contributed by atoms with Gasteiger partial charge in [0.15, 0.2) is 0 Å². The lowest BCUT2D eigenvalue weighted by Gasteiger charge is -2.11. The lowest BCUT2D eigenvalue weighted by atomic mass is 10.2. The summed E-state index contributed by atoms with van der Waals surface area (Å²) in [6.45, 7) is 6.35. The van der Waals surface area contributed by atoms with Crippen molar-refractivity contribution in [2.75, 3.05) is 12.3 Å². The Morgan fingerprint density at radius 1 is 1.17 bits per heavy atom. The summed E-state index contributed by atoms with van der Waals surface area (Å²) in [5.41, 5.74) is 1.26. The number of rotatable bonds is 9. The summed E-state index contributed by atoms with van der Waals surface area (Å²) in [7, 11) is 0. The van der Waals surface area contributed by atoms with Crippen molar-refractivity contribution in [3.05, 3.63) is 28.8 Å².